The summed E-state index contributed by atoms with van der Waals surface area (Å²) in [6, 6.07) is 14.6. The number of carboxylic acids is 1. The molecule has 0 spiro atoms. The van der Waals surface area contributed by atoms with Gasteiger partial charge in [-0.25, -0.2) is 4.68 Å². The lowest BCUT2D eigenvalue weighted by molar-refractivity contribution is -0.141. The Kier molecular flexibility index (Phi) is 4.04. The van der Waals surface area contributed by atoms with Gasteiger partial charge in [0.05, 0.1) is 17.9 Å². The maximum Gasteiger partial charge on any atom is 0.308 e. The van der Waals surface area contributed by atoms with Crippen LogP contribution in [0.3, 0.4) is 0 Å². The third kappa shape index (κ3) is 2.88. The SMILES string of the molecule is O=C(O)[C@@H]1CCN(C(=O)c2cc(-c3ccco3)nn2-c2ccccc2)C1. The first kappa shape index (κ1) is 16.1. The number of aliphatic carboxylic acids is 1. The highest BCUT2D eigenvalue weighted by atomic mass is 16.4. The van der Waals surface area contributed by atoms with E-state index in [2.05, 4.69) is 5.10 Å². The summed E-state index contributed by atoms with van der Waals surface area (Å²) in [5.41, 5.74) is 1.69. The van der Waals surface area contributed by atoms with Crippen LogP contribution in [0.15, 0.2) is 59.2 Å². The topological polar surface area (TPSA) is 88.6 Å². The van der Waals surface area contributed by atoms with Gasteiger partial charge in [-0.1, -0.05) is 18.2 Å². The number of benzene rings is 1. The molecule has 1 saturated heterocycles. The van der Waals surface area contributed by atoms with Crippen LogP contribution in [0.25, 0.3) is 17.1 Å². The summed E-state index contributed by atoms with van der Waals surface area (Å²) >= 11 is 0. The second kappa shape index (κ2) is 6.51. The summed E-state index contributed by atoms with van der Waals surface area (Å²) in [7, 11) is 0. The van der Waals surface area contributed by atoms with E-state index in [0.717, 1.165) is 5.69 Å². The van der Waals surface area contributed by atoms with E-state index >= 15 is 0 Å². The summed E-state index contributed by atoms with van der Waals surface area (Å²) in [6.07, 6.45) is 2.02. The van der Waals surface area contributed by atoms with Crippen molar-refractivity contribution in [2.45, 2.75) is 6.42 Å². The number of nitrogens with zero attached hydrogens (tertiary/aromatic N) is 3. The van der Waals surface area contributed by atoms with Gasteiger partial charge in [0.15, 0.2) is 5.76 Å². The Morgan fingerprint density at radius 2 is 1.96 bits per heavy atom. The van der Waals surface area contributed by atoms with Crippen LogP contribution in [0.2, 0.25) is 0 Å². The average Bonchev–Trinajstić information content (AvgIpc) is 3.41. The Morgan fingerprint density at radius 1 is 1.15 bits per heavy atom. The van der Waals surface area contributed by atoms with Gasteiger partial charge in [0.1, 0.15) is 11.4 Å². The summed E-state index contributed by atoms with van der Waals surface area (Å²) in [4.78, 5) is 25.8. The van der Waals surface area contributed by atoms with Crippen molar-refractivity contribution in [3.8, 4) is 17.1 Å². The number of hydrogen-bond donors (Lipinski definition) is 1. The van der Waals surface area contributed by atoms with Gasteiger partial charge in [0, 0.05) is 19.2 Å². The fraction of sp³-hybridized carbons (Fsp3) is 0.211. The zero-order valence-electron chi connectivity index (χ0n) is 13.9. The van der Waals surface area contributed by atoms with Gasteiger partial charge in [0.25, 0.3) is 5.91 Å². The smallest absolute Gasteiger partial charge is 0.308 e. The number of furan rings is 1. The van der Waals surface area contributed by atoms with E-state index in [1.165, 1.54) is 0 Å². The maximum atomic E-state index is 13.0. The number of hydrogen-bond acceptors (Lipinski definition) is 4. The van der Waals surface area contributed by atoms with Crippen LogP contribution in [0.5, 0.6) is 0 Å². The molecule has 0 aliphatic carbocycles. The molecule has 1 amide bonds. The molecule has 1 fully saturated rings. The van der Waals surface area contributed by atoms with E-state index in [4.69, 9.17) is 4.42 Å². The summed E-state index contributed by atoms with van der Waals surface area (Å²) in [5, 5.41) is 13.7. The van der Waals surface area contributed by atoms with Crippen molar-refractivity contribution in [3.05, 3.63) is 60.5 Å². The number of carboxylic acid groups (broad SMARTS) is 1. The van der Waals surface area contributed by atoms with Crippen LogP contribution in [-0.2, 0) is 4.79 Å². The largest absolute Gasteiger partial charge is 0.481 e. The highest BCUT2D eigenvalue weighted by molar-refractivity contribution is 5.94. The monoisotopic (exact) mass is 351 g/mol. The molecule has 26 heavy (non-hydrogen) atoms. The Balaban J connectivity index is 1.72. The highest BCUT2D eigenvalue weighted by Gasteiger charge is 2.33. The Hall–Kier alpha value is -3.35. The third-order valence-corrected chi connectivity index (χ3v) is 4.53. The molecule has 1 atom stereocenters. The van der Waals surface area contributed by atoms with Gasteiger partial charge < -0.3 is 14.4 Å². The van der Waals surface area contributed by atoms with E-state index in [9.17, 15) is 14.7 Å². The predicted octanol–water partition coefficient (Wildman–Crippen LogP) is 2.68. The molecule has 4 rings (SSSR count). The van der Waals surface area contributed by atoms with Crippen LogP contribution in [0.4, 0.5) is 0 Å². The molecule has 1 N–H and O–H groups in total. The van der Waals surface area contributed by atoms with Gasteiger partial charge in [0.2, 0.25) is 0 Å². The fourth-order valence-electron chi connectivity index (χ4n) is 3.15. The molecule has 7 heteroatoms. The molecule has 1 aliphatic rings. The molecular weight excluding hydrogens is 334 g/mol. The fourth-order valence-corrected chi connectivity index (χ4v) is 3.15. The van der Waals surface area contributed by atoms with Crippen molar-refractivity contribution < 1.29 is 19.1 Å². The molecule has 1 aromatic carbocycles. The van der Waals surface area contributed by atoms with Crippen LogP contribution >= 0.6 is 0 Å². The van der Waals surface area contributed by atoms with Crippen LogP contribution in [-0.4, -0.2) is 44.8 Å². The molecule has 0 unspecified atom stereocenters. The van der Waals surface area contributed by atoms with Gasteiger partial charge >= 0.3 is 5.97 Å². The molecule has 3 aromatic rings. The zero-order valence-corrected chi connectivity index (χ0v) is 13.9. The van der Waals surface area contributed by atoms with E-state index in [-0.39, 0.29) is 12.5 Å². The number of amides is 1. The van der Waals surface area contributed by atoms with Crippen molar-refractivity contribution in [2.24, 2.45) is 5.92 Å². The number of para-hydroxylation sites is 1. The molecular formula is C19H17N3O4. The van der Waals surface area contributed by atoms with Gasteiger partial charge in [-0.05, 0) is 30.7 Å². The molecule has 0 radical (unpaired) electrons. The third-order valence-electron chi connectivity index (χ3n) is 4.53. The molecule has 132 valence electrons. The number of rotatable bonds is 4. The minimum absolute atomic E-state index is 0.213. The lowest BCUT2D eigenvalue weighted by atomic mass is 10.1. The average molecular weight is 351 g/mol. The standard InChI is InChI=1S/C19H17N3O4/c23-18(21-9-8-13(12-21)19(24)25)16-11-15(17-7-4-10-26-17)20-22(16)14-5-2-1-3-6-14/h1-7,10-11,13H,8-9,12H2,(H,24,25)/t13-/m1/s1. The second-order valence-corrected chi connectivity index (χ2v) is 6.21. The van der Waals surface area contributed by atoms with E-state index in [1.807, 2.05) is 30.3 Å². The van der Waals surface area contributed by atoms with Crippen LogP contribution in [0, 0.1) is 5.92 Å². The van der Waals surface area contributed by atoms with E-state index in [0.29, 0.717) is 30.1 Å². The lowest BCUT2D eigenvalue weighted by Crippen LogP contribution is -2.31. The Labute approximate surface area is 149 Å². The van der Waals surface area contributed by atoms with Gasteiger partial charge in [-0.2, -0.15) is 5.10 Å². The quantitative estimate of drug-likeness (QED) is 0.781. The maximum absolute atomic E-state index is 13.0. The molecule has 1 aliphatic heterocycles. The number of aromatic nitrogens is 2. The molecule has 0 bridgehead atoms. The highest BCUT2D eigenvalue weighted by Crippen LogP contribution is 2.25. The van der Waals surface area contributed by atoms with Crippen LogP contribution in [0.1, 0.15) is 16.9 Å². The van der Waals surface area contributed by atoms with Crippen molar-refractivity contribution in [1.82, 2.24) is 14.7 Å². The van der Waals surface area contributed by atoms with Crippen molar-refractivity contribution in [2.75, 3.05) is 13.1 Å². The van der Waals surface area contributed by atoms with Crippen molar-refractivity contribution in [3.63, 3.8) is 0 Å². The summed E-state index contributed by atoms with van der Waals surface area (Å²) < 4.78 is 6.98. The normalized spacial score (nSPS) is 16.8. The second-order valence-electron chi connectivity index (χ2n) is 6.21. The van der Waals surface area contributed by atoms with Gasteiger partial charge in [-0.15, -0.1) is 0 Å². The molecule has 3 heterocycles. The molecule has 0 saturated carbocycles. The predicted molar refractivity (Wildman–Crippen MR) is 92.9 cm³/mol. The number of carbonyl (C=O) groups is 2. The first-order valence-electron chi connectivity index (χ1n) is 8.35. The van der Waals surface area contributed by atoms with E-state index in [1.54, 1.807) is 34.0 Å². The Morgan fingerprint density at radius 3 is 2.62 bits per heavy atom. The molecule has 7 nitrogen and oxygen atoms in total. The zero-order chi connectivity index (χ0) is 18.1. The minimum Gasteiger partial charge on any atom is -0.481 e. The summed E-state index contributed by atoms with van der Waals surface area (Å²) in [5.74, 6) is -1.05. The molecule has 2 aromatic heterocycles. The number of likely N-dealkylation sites (tertiary alicyclic amines) is 1. The van der Waals surface area contributed by atoms with Crippen molar-refractivity contribution >= 4 is 11.9 Å². The first-order valence-corrected chi connectivity index (χ1v) is 8.35. The summed E-state index contributed by atoms with van der Waals surface area (Å²) in [6.45, 7) is 0.635. The van der Waals surface area contributed by atoms with Crippen molar-refractivity contribution in [1.29, 1.82) is 0 Å². The van der Waals surface area contributed by atoms with E-state index < -0.39 is 11.9 Å². The first-order chi connectivity index (χ1) is 12.6. The van der Waals surface area contributed by atoms with Gasteiger partial charge in [-0.3, -0.25) is 9.59 Å². The Bertz CT molecular complexity index is 931. The minimum atomic E-state index is -0.867. The number of carbonyl (C=O) groups excluding carboxylic acids is 1. The van der Waals surface area contributed by atoms with Crippen LogP contribution < -0.4 is 0 Å². The lowest BCUT2D eigenvalue weighted by Gasteiger charge is -2.16.